The zero-order valence-corrected chi connectivity index (χ0v) is 6.37. The molecule has 0 atom stereocenters. The molecule has 11 heavy (non-hydrogen) atoms. The first-order chi connectivity index (χ1) is 4.79. The van der Waals surface area contributed by atoms with Gasteiger partial charge < -0.3 is 9.90 Å². The van der Waals surface area contributed by atoms with Crippen molar-refractivity contribution in [1.29, 1.82) is 0 Å². The summed E-state index contributed by atoms with van der Waals surface area (Å²) in [5.41, 5.74) is 0. The molecule has 0 saturated carbocycles. The van der Waals surface area contributed by atoms with Crippen molar-refractivity contribution in [2.45, 2.75) is 6.42 Å². The molecule has 5 heteroatoms. The number of carboxylic acid groups (broad SMARTS) is 1. The molecular formula is C6H6ClN2O2-. The van der Waals surface area contributed by atoms with Gasteiger partial charge in [-0.2, -0.15) is 0 Å². The molecule has 1 aromatic heterocycles. The monoisotopic (exact) mass is 173 g/mol. The van der Waals surface area contributed by atoms with Crippen LogP contribution in [0.25, 0.3) is 0 Å². The molecule has 0 aliphatic carbocycles. The van der Waals surface area contributed by atoms with E-state index in [9.17, 15) is 9.90 Å². The molecule has 0 unspecified atom stereocenters. The van der Waals surface area contributed by atoms with E-state index in [0.29, 0.717) is 0 Å². The molecule has 0 aliphatic rings. The molecule has 1 aromatic rings. The van der Waals surface area contributed by atoms with Gasteiger partial charge in [-0.3, -0.25) is 0 Å². The lowest BCUT2D eigenvalue weighted by molar-refractivity contribution is -0.304. The molecule has 1 rings (SSSR count). The van der Waals surface area contributed by atoms with Crippen LogP contribution in [0.15, 0.2) is 18.5 Å². The number of nitrogens with zero attached hydrogens (tertiary/aromatic N) is 2. The summed E-state index contributed by atoms with van der Waals surface area (Å²) in [5, 5.41) is 9.98. The summed E-state index contributed by atoms with van der Waals surface area (Å²) < 4.78 is 0. The number of rotatable bonds is 2. The molecule has 0 amide bonds. The molecule has 0 radical (unpaired) electrons. The molecule has 1 heterocycles. The van der Waals surface area contributed by atoms with Crippen molar-refractivity contribution in [1.82, 2.24) is 9.97 Å². The van der Waals surface area contributed by atoms with Crippen LogP contribution in [0.5, 0.6) is 0 Å². The molecule has 4 nitrogen and oxygen atoms in total. The summed E-state index contributed by atoms with van der Waals surface area (Å²) in [7, 11) is 0. The van der Waals surface area contributed by atoms with E-state index in [1.165, 1.54) is 12.4 Å². The first-order valence-electron chi connectivity index (χ1n) is 2.75. The van der Waals surface area contributed by atoms with Gasteiger partial charge in [-0.05, 0) is 6.07 Å². The summed E-state index contributed by atoms with van der Waals surface area (Å²) in [6.07, 6.45) is 2.76. The lowest BCUT2D eigenvalue weighted by atomic mass is 10.4. The van der Waals surface area contributed by atoms with Gasteiger partial charge in [0.2, 0.25) is 0 Å². The Morgan fingerprint density at radius 3 is 2.45 bits per heavy atom. The highest BCUT2D eigenvalue weighted by Crippen LogP contribution is 1.86. The van der Waals surface area contributed by atoms with Gasteiger partial charge in [0, 0.05) is 24.8 Å². The van der Waals surface area contributed by atoms with Gasteiger partial charge >= 0.3 is 0 Å². The van der Waals surface area contributed by atoms with E-state index in [1.807, 2.05) is 0 Å². The molecule has 0 spiro atoms. The molecule has 0 bridgehead atoms. The molecule has 0 aromatic carbocycles. The molecule has 0 N–H and O–H groups in total. The Hall–Kier alpha value is -1.16. The second kappa shape index (κ2) is 4.62. The largest absolute Gasteiger partial charge is 0.550 e. The Bertz CT molecular complexity index is 227. The molecule has 60 valence electrons. The topological polar surface area (TPSA) is 65.9 Å². The average molecular weight is 174 g/mol. The van der Waals surface area contributed by atoms with Crippen LogP contribution in [-0.2, 0) is 11.2 Å². The van der Waals surface area contributed by atoms with Gasteiger partial charge in [-0.1, -0.05) is 0 Å². The number of carboxylic acids is 1. The van der Waals surface area contributed by atoms with Crippen LogP contribution < -0.4 is 5.11 Å². The summed E-state index contributed by atoms with van der Waals surface area (Å²) in [5.74, 6) is -0.881. The Balaban J connectivity index is 0.000001000. The van der Waals surface area contributed by atoms with Crippen molar-refractivity contribution in [2.24, 2.45) is 0 Å². The number of carbonyl (C=O) groups is 1. The van der Waals surface area contributed by atoms with E-state index in [4.69, 9.17) is 0 Å². The zero-order chi connectivity index (χ0) is 7.40. The molecular weight excluding hydrogens is 168 g/mol. The fraction of sp³-hybridized carbons (Fsp3) is 0.167. The third-order valence-electron chi connectivity index (χ3n) is 0.922. The van der Waals surface area contributed by atoms with Gasteiger partial charge in [0.1, 0.15) is 5.82 Å². The second-order valence-electron chi connectivity index (χ2n) is 1.71. The lowest BCUT2D eigenvalue weighted by Gasteiger charge is -1.97. The van der Waals surface area contributed by atoms with Crippen LogP contribution in [0.3, 0.4) is 0 Å². The first kappa shape index (κ1) is 9.84. The van der Waals surface area contributed by atoms with Gasteiger partial charge in [0.15, 0.2) is 0 Å². The van der Waals surface area contributed by atoms with Crippen LogP contribution in [0.2, 0.25) is 0 Å². The maximum absolute atomic E-state index is 9.98. The minimum absolute atomic E-state index is 0. The van der Waals surface area contributed by atoms with Crippen molar-refractivity contribution in [3.8, 4) is 0 Å². The summed E-state index contributed by atoms with van der Waals surface area (Å²) in [6.45, 7) is 0. The quantitative estimate of drug-likeness (QED) is 0.587. The Kier molecular flexibility index (Phi) is 4.14. The molecule has 0 saturated heterocycles. The second-order valence-corrected chi connectivity index (χ2v) is 1.71. The highest BCUT2D eigenvalue weighted by molar-refractivity contribution is 5.85. The van der Waals surface area contributed by atoms with Crippen molar-refractivity contribution < 1.29 is 9.90 Å². The first-order valence-corrected chi connectivity index (χ1v) is 2.75. The number of halogens is 1. The summed E-state index contributed by atoms with van der Waals surface area (Å²) >= 11 is 0. The minimum Gasteiger partial charge on any atom is -0.550 e. The number of hydrogen-bond acceptors (Lipinski definition) is 4. The van der Waals surface area contributed by atoms with E-state index < -0.39 is 5.97 Å². The van der Waals surface area contributed by atoms with Crippen LogP contribution in [0, 0.1) is 0 Å². The maximum Gasteiger partial charge on any atom is 0.133 e. The summed E-state index contributed by atoms with van der Waals surface area (Å²) in [4.78, 5) is 17.4. The van der Waals surface area contributed by atoms with Crippen LogP contribution in [0.1, 0.15) is 5.82 Å². The van der Waals surface area contributed by atoms with Crippen molar-refractivity contribution in [3.05, 3.63) is 24.3 Å². The number of aliphatic carboxylic acids is 1. The normalized spacial score (nSPS) is 8.36. The smallest absolute Gasteiger partial charge is 0.133 e. The van der Waals surface area contributed by atoms with Crippen LogP contribution in [0.4, 0.5) is 0 Å². The highest BCUT2D eigenvalue weighted by atomic mass is 35.5. The fourth-order valence-corrected chi connectivity index (χ4v) is 0.550. The van der Waals surface area contributed by atoms with Crippen molar-refractivity contribution >= 4 is 18.4 Å². The minimum atomic E-state index is -1.16. The SMILES string of the molecule is Cl.O=C([O-])Cc1ncccn1. The van der Waals surface area contributed by atoms with Gasteiger partial charge in [-0.25, -0.2) is 9.97 Å². The van der Waals surface area contributed by atoms with E-state index in [0.717, 1.165) is 0 Å². The van der Waals surface area contributed by atoms with E-state index >= 15 is 0 Å². The molecule has 0 aliphatic heterocycles. The van der Waals surface area contributed by atoms with Crippen molar-refractivity contribution in [2.75, 3.05) is 0 Å². The Morgan fingerprint density at radius 1 is 1.45 bits per heavy atom. The third-order valence-corrected chi connectivity index (χ3v) is 0.922. The Morgan fingerprint density at radius 2 is 2.00 bits per heavy atom. The van der Waals surface area contributed by atoms with Gasteiger partial charge in [-0.15, -0.1) is 12.4 Å². The predicted octanol–water partition coefficient (Wildman–Crippen LogP) is -0.809. The van der Waals surface area contributed by atoms with E-state index in [-0.39, 0.29) is 24.7 Å². The van der Waals surface area contributed by atoms with Crippen LogP contribution in [-0.4, -0.2) is 15.9 Å². The zero-order valence-electron chi connectivity index (χ0n) is 5.56. The van der Waals surface area contributed by atoms with E-state index in [1.54, 1.807) is 6.07 Å². The third kappa shape index (κ3) is 3.52. The number of carbonyl (C=O) groups excluding carboxylic acids is 1. The fourth-order valence-electron chi connectivity index (χ4n) is 0.550. The maximum atomic E-state index is 9.98. The number of aromatic nitrogens is 2. The summed E-state index contributed by atoms with van der Waals surface area (Å²) in [6, 6.07) is 1.62. The van der Waals surface area contributed by atoms with E-state index in [2.05, 4.69) is 9.97 Å². The molecule has 0 fully saturated rings. The highest BCUT2D eigenvalue weighted by Gasteiger charge is 1.92. The standard InChI is InChI=1S/C6H6N2O2.ClH/c9-6(10)4-5-7-2-1-3-8-5;/h1-3H,4H2,(H,9,10);1H/p-1. The average Bonchev–Trinajstić information content (AvgIpc) is 1.88. The van der Waals surface area contributed by atoms with Crippen molar-refractivity contribution in [3.63, 3.8) is 0 Å². The van der Waals surface area contributed by atoms with Crippen LogP contribution >= 0.6 is 12.4 Å². The predicted molar refractivity (Wildman–Crippen MR) is 38.0 cm³/mol. The lowest BCUT2D eigenvalue weighted by Crippen LogP contribution is -2.25. The van der Waals surface area contributed by atoms with Gasteiger partial charge in [0.25, 0.3) is 0 Å². The van der Waals surface area contributed by atoms with Gasteiger partial charge in [0.05, 0.1) is 0 Å². The number of hydrogen-bond donors (Lipinski definition) is 0. The Labute approximate surface area is 69.7 Å².